The minimum Gasteiger partial charge on any atom is -0.489 e. The van der Waals surface area contributed by atoms with Gasteiger partial charge in [0.2, 0.25) is 5.91 Å². The molecule has 0 bridgehead atoms. The number of nitrogens with one attached hydrogen (secondary N) is 1. The first kappa shape index (κ1) is 36.0. The molecule has 2 fully saturated rings. The van der Waals surface area contributed by atoms with Crippen LogP contribution in [0, 0.1) is 11.8 Å². The molecule has 6 rings (SSSR count). The molecule has 0 atom stereocenters. The highest BCUT2D eigenvalue weighted by Gasteiger charge is 2.23. The Hall–Kier alpha value is -3.82. The molecule has 2 aliphatic rings. The van der Waals surface area contributed by atoms with Gasteiger partial charge in [0.05, 0.1) is 11.6 Å². The molecule has 0 aromatic heterocycles. The predicted octanol–water partition coefficient (Wildman–Crippen LogP) is 10.0. The van der Waals surface area contributed by atoms with Crippen molar-refractivity contribution in [3.05, 3.63) is 117 Å². The van der Waals surface area contributed by atoms with Crippen LogP contribution in [0.15, 0.2) is 106 Å². The van der Waals surface area contributed by atoms with Gasteiger partial charge in [0.15, 0.2) is 0 Å². The summed E-state index contributed by atoms with van der Waals surface area (Å²) in [5.74, 6) is 1.17. The zero-order chi connectivity index (χ0) is 33.4. The van der Waals surface area contributed by atoms with Crippen molar-refractivity contribution in [1.29, 1.82) is 0 Å². The maximum absolute atomic E-state index is 12.3. The summed E-state index contributed by atoms with van der Waals surface area (Å²) in [6.07, 6.45) is 8.30. The standard InChI is InChI=1S/C19H20BrNO2.C13H12BrNO.C6H10O2/c20-17-11-10-16(23-13-14-6-2-1-3-7-14)12-18(17)21-19(22)15-8-4-5-9-15;14-12-7-6-11(8-13(12)15)16-9-10-4-2-1-3-5-10;7-6(8)5-3-1-2-4-5/h1-3,6-7,10-12,15H,4-5,8-9,13H2,(H,21,22);1-8H,9,15H2;5H,1-4H2,(H,7,8). The minimum absolute atomic E-state index is 0.0185. The second-order valence-corrected chi connectivity index (χ2v) is 13.4. The molecule has 248 valence electrons. The molecule has 4 N–H and O–H groups in total. The third-order valence-electron chi connectivity index (χ3n) is 8.09. The first-order chi connectivity index (χ1) is 22.8. The van der Waals surface area contributed by atoms with Crippen molar-refractivity contribution >= 4 is 55.1 Å². The fourth-order valence-electron chi connectivity index (χ4n) is 5.38. The lowest BCUT2D eigenvalue weighted by Gasteiger charge is -2.13. The van der Waals surface area contributed by atoms with Gasteiger partial charge in [-0.15, -0.1) is 0 Å². The van der Waals surface area contributed by atoms with Crippen molar-refractivity contribution in [2.24, 2.45) is 11.8 Å². The molecule has 0 radical (unpaired) electrons. The van der Waals surface area contributed by atoms with Crippen molar-refractivity contribution in [2.45, 2.75) is 64.6 Å². The second kappa shape index (κ2) is 19.1. The number of amides is 1. The number of anilines is 2. The summed E-state index contributed by atoms with van der Waals surface area (Å²) in [4.78, 5) is 22.5. The SMILES string of the molecule is Nc1cc(OCc2ccccc2)ccc1Br.O=C(Nc1cc(OCc2ccccc2)ccc1Br)C1CCCC1.O=C(O)C1CCCC1. The Morgan fingerprint density at radius 3 is 1.62 bits per heavy atom. The molecule has 1 amide bonds. The molecule has 0 unspecified atom stereocenters. The topological polar surface area (TPSA) is 111 Å². The number of aliphatic carboxylic acids is 1. The Labute approximate surface area is 294 Å². The highest BCUT2D eigenvalue weighted by Crippen LogP contribution is 2.31. The van der Waals surface area contributed by atoms with E-state index in [4.69, 9.17) is 20.3 Å². The highest BCUT2D eigenvalue weighted by molar-refractivity contribution is 9.11. The van der Waals surface area contributed by atoms with E-state index in [9.17, 15) is 9.59 Å². The number of rotatable bonds is 9. The third kappa shape index (κ3) is 12.4. The van der Waals surface area contributed by atoms with Crippen LogP contribution in [0.1, 0.15) is 62.5 Å². The normalized spacial score (nSPS) is 14.3. The highest BCUT2D eigenvalue weighted by atomic mass is 79.9. The van der Waals surface area contributed by atoms with Crippen LogP contribution in [-0.4, -0.2) is 17.0 Å². The number of carbonyl (C=O) groups excluding carboxylic acids is 1. The molecule has 4 aromatic rings. The van der Waals surface area contributed by atoms with Gasteiger partial charge in [0, 0.05) is 32.7 Å². The molecule has 47 heavy (non-hydrogen) atoms. The van der Waals surface area contributed by atoms with Crippen molar-refractivity contribution in [3.63, 3.8) is 0 Å². The zero-order valence-corrected chi connectivity index (χ0v) is 29.5. The first-order valence-corrected chi connectivity index (χ1v) is 17.6. The summed E-state index contributed by atoms with van der Waals surface area (Å²) in [5.41, 5.74) is 9.48. The van der Waals surface area contributed by atoms with E-state index in [-0.39, 0.29) is 17.7 Å². The van der Waals surface area contributed by atoms with E-state index in [1.807, 2.05) is 97.1 Å². The number of halogens is 2. The molecular formula is C38H42Br2N2O5. The predicted molar refractivity (Wildman–Crippen MR) is 194 cm³/mol. The Morgan fingerprint density at radius 2 is 1.15 bits per heavy atom. The van der Waals surface area contributed by atoms with E-state index in [1.165, 1.54) is 0 Å². The molecule has 7 nitrogen and oxygen atoms in total. The van der Waals surface area contributed by atoms with Crippen LogP contribution >= 0.6 is 31.9 Å². The van der Waals surface area contributed by atoms with Crippen molar-refractivity contribution in [1.82, 2.24) is 0 Å². The molecule has 4 aromatic carbocycles. The van der Waals surface area contributed by atoms with Crippen molar-refractivity contribution in [2.75, 3.05) is 11.1 Å². The summed E-state index contributed by atoms with van der Waals surface area (Å²) in [7, 11) is 0. The van der Waals surface area contributed by atoms with Crippen LogP contribution in [0.3, 0.4) is 0 Å². The minimum atomic E-state index is -0.609. The van der Waals surface area contributed by atoms with Gasteiger partial charge >= 0.3 is 5.97 Å². The van der Waals surface area contributed by atoms with Gasteiger partial charge in [-0.1, -0.05) is 86.3 Å². The average Bonchev–Trinajstić information content (AvgIpc) is 3.83. The number of nitrogen functional groups attached to an aromatic ring is 1. The number of carbonyl (C=O) groups is 2. The Morgan fingerprint density at radius 1 is 0.681 bits per heavy atom. The fourth-order valence-corrected chi connectivity index (χ4v) is 5.97. The van der Waals surface area contributed by atoms with E-state index in [1.54, 1.807) is 0 Å². The third-order valence-corrected chi connectivity index (χ3v) is 9.50. The van der Waals surface area contributed by atoms with Crippen molar-refractivity contribution < 1.29 is 24.2 Å². The van der Waals surface area contributed by atoms with Crippen LogP contribution in [-0.2, 0) is 22.8 Å². The first-order valence-electron chi connectivity index (χ1n) is 16.0. The Kier molecular flexibility index (Phi) is 14.6. The van der Waals surface area contributed by atoms with Crippen LogP contribution in [0.5, 0.6) is 11.5 Å². The monoisotopic (exact) mass is 764 g/mol. The maximum atomic E-state index is 12.3. The van der Waals surface area contributed by atoms with Crippen LogP contribution in [0.4, 0.5) is 11.4 Å². The van der Waals surface area contributed by atoms with Gasteiger partial charge in [0.1, 0.15) is 24.7 Å². The molecule has 0 spiro atoms. The lowest BCUT2D eigenvalue weighted by Crippen LogP contribution is -2.20. The Balaban J connectivity index is 0.000000180. The molecule has 0 heterocycles. The van der Waals surface area contributed by atoms with E-state index >= 15 is 0 Å². The smallest absolute Gasteiger partial charge is 0.306 e. The van der Waals surface area contributed by atoms with Crippen molar-refractivity contribution in [3.8, 4) is 11.5 Å². The van der Waals surface area contributed by atoms with E-state index in [0.717, 1.165) is 88.6 Å². The maximum Gasteiger partial charge on any atom is 0.306 e. The number of hydrogen-bond donors (Lipinski definition) is 3. The van der Waals surface area contributed by atoms with E-state index in [2.05, 4.69) is 37.2 Å². The number of benzene rings is 4. The number of nitrogens with two attached hydrogens (primary N) is 1. The molecule has 0 saturated heterocycles. The van der Waals surface area contributed by atoms with Gasteiger partial charge < -0.3 is 25.6 Å². The zero-order valence-electron chi connectivity index (χ0n) is 26.4. The van der Waals surface area contributed by atoms with Gasteiger partial charge in [-0.3, -0.25) is 9.59 Å². The van der Waals surface area contributed by atoms with Crippen LogP contribution in [0.2, 0.25) is 0 Å². The summed E-state index contributed by atoms with van der Waals surface area (Å²) in [6, 6.07) is 31.3. The Bertz CT molecular complexity index is 1560. The lowest BCUT2D eigenvalue weighted by molar-refractivity contribution is -0.141. The lowest BCUT2D eigenvalue weighted by atomic mass is 10.1. The van der Waals surface area contributed by atoms with Gasteiger partial charge in [-0.2, -0.15) is 0 Å². The fraction of sp³-hybridized carbons (Fsp3) is 0.316. The number of hydrogen-bond acceptors (Lipinski definition) is 5. The molecule has 2 aliphatic carbocycles. The average molecular weight is 767 g/mol. The summed E-state index contributed by atoms with van der Waals surface area (Å²) in [6.45, 7) is 1.07. The summed E-state index contributed by atoms with van der Waals surface area (Å²) >= 11 is 6.84. The van der Waals surface area contributed by atoms with Gasteiger partial charge in [-0.05, 0) is 92.9 Å². The second-order valence-electron chi connectivity index (χ2n) is 11.7. The van der Waals surface area contributed by atoms with Gasteiger partial charge in [0.25, 0.3) is 0 Å². The largest absolute Gasteiger partial charge is 0.489 e. The molecule has 2 saturated carbocycles. The summed E-state index contributed by atoms with van der Waals surface area (Å²) in [5, 5.41) is 11.4. The number of carboxylic acids is 1. The van der Waals surface area contributed by atoms with Gasteiger partial charge in [-0.25, -0.2) is 0 Å². The summed E-state index contributed by atoms with van der Waals surface area (Å²) < 4.78 is 13.2. The number of carboxylic acid groups (broad SMARTS) is 1. The molecule has 9 heteroatoms. The van der Waals surface area contributed by atoms with E-state index in [0.29, 0.717) is 18.9 Å². The molecule has 0 aliphatic heterocycles. The van der Waals surface area contributed by atoms with Crippen LogP contribution in [0.25, 0.3) is 0 Å². The molecular weight excluding hydrogens is 724 g/mol. The van der Waals surface area contributed by atoms with Crippen LogP contribution < -0.4 is 20.5 Å². The quantitative estimate of drug-likeness (QED) is 0.146. The number of ether oxygens (including phenoxy) is 2. The van der Waals surface area contributed by atoms with E-state index < -0.39 is 5.97 Å².